The Morgan fingerprint density at radius 2 is 2.12 bits per heavy atom. The third-order valence-corrected chi connectivity index (χ3v) is 6.82. The van der Waals surface area contributed by atoms with Gasteiger partial charge >= 0.3 is 0 Å². The molecule has 0 bridgehead atoms. The first-order valence-corrected chi connectivity index (χ1v) is 10.8. The minimum Gasteiger partial charge on any atom is -0.309 e. The lowest BCUT2D eigenvalue weighted by molar-refractivity contribution is 0.626. The predicted molar refractivity (Wildman–Crippen MR) is 110 cm³/mol. The van der Waals surface area contributed by atoms with Crippen molar-refractivity contribution in [3.8, 4) is 10.4 Å². The van der Waals surface area contributed by atoms with Crippen LogP contribution in [0.25, 0.3) is 20.7 Å². The average molecular weight is 403 g/mol. The molecule has 1 N–H and O–H groups in total. The van der Waals surface area contributed by atoms with Gasteiger partial charge in [-0.3, -0.25) is 4.79 Å². The second-order valence-corrected chi connectivity index (χ2v) is 9.01. The number of benzene rings is 1. The molecule has 1 aromatic carbocycles. The van der Waals surface area contributed by atoms with Gasteiger partial charge in [-0.2, -0.15) is 0 Å². The molecule has 0 spiro atoms. The van der Waals surface area contributed by atoms with Gasteiger partial charge in [0.25, 0.3) is 5.56 Å². The molecule has 0 fully saturated rings. The molecule has 3 nitrogen and oxygen atoms in total. The molecule has 26 heavy (non-hydrogen) atoms. The van der Waals surface area contributed by atoms with Crippen LogP contribution in [0.15, 0.2) is 46.6 Å². The molecule has 0 amide bonds. The molecular weight excluding hydrogens is 387 g/mol. The molecular formula is C19H15FN2OS3. The summed E-state index contributed by atoms with van der Waals surface area (Å²) in [5.41, 5.74) is 1.78. The van der Waals surface area contributed by atoms with E-state index in [2.05, 4.69) is 23.0 Å². The van der Waals surface area contributed by atoms with Crippen molar-refractivity contribution in [1.29, 1.82) is 0 Å². The fraction of sp³-hybridized carbons (Fsp3) is 0.158. The highest BCUT2D eigenvalue weighted by molar-refractivity contribution is 7.97. The normalized spacial score (nSPS) is 11.3. The SMILES string of the molecule is Cc1ccc(-c2csc3nc(CSCc4cccc(F)c4)[nH]c(=O)c23)s1. The second-order valence-electron chi connectivity index (χ2n) is 5.88. The summed E-state index contributed by atoms with van der Waals surface area (Å²) in [7, 11) is 0. The van der Waals surface area contributed by atoms with Crippen LogP contribution in [0.5, 0.6) is 0 Å². The molecule has 0 saturated carbocycles. The zero-order valence-corrected chi connectivity index (χ0v) is 16.4. The van der Waals surface area contributed by atoms with Crippen molar-refractivity contribution in [2.75, 3.05) is 0 Å². The molecule has 3 heterocycles. The lowest BCUT2D eigenvalue weighted by Gasteiger charge is -2.03. The zero-order chi connectivity index (χ0) is 18.1. The fourth-order valence-corrected chi connectivity index (χ4v) is 5.48. The van der Waals surface area contributed by atoms with Crippen molar-refractivity contribution < 1.29 is 4.39 Å². The van der Waals surface area contributed by atoms with Crippen LogP contribution >= 0.6 is 34.4 Å². The smallest absolute Gasteiger partial charge is 0.260 e. The van der Waals surface area contributed by atoms with Gasteiger partial charge in [-0.15, -0.1) is 34.4 Å². The first-order valence-electron chi connectivity index (χ1n) is 7.99. The van der Waals surface area contributed by atoms with Crippen LogP contribution in [0.2, 0.25) is 0 Å². The second kappa shape index (κ2) is 7.34. The van der Waals surface area contributed by atoms with Gasteiger partial charge in [-0.05, 0) is 36.8 Å². The summed E-state index contributed by atoms with van der Waals surface area (Å²) < 4.78 is 13.2. The van der Waals surface area contributed by atoms with Crippen LogP contribution in [0, 0.1) is 12.7 Å². The van der Waals surface area contributed by atoms with E-state index < -0.39 is 0 Å². The lowest BCUT2D eigenvalue weighted by atomic mass is 10.2. The molecule has 0 atom stereocenters. The molecule has 3 aromatic heterocycles. The molecule has 0 unspecified atom stereocenters. The molecule has 4 aromatic rings. The fourth-order valence-electron chi connectivity index (χ4n) is 2.71. The first-order chi connectivity index (χ1) is 12.6. The summed E-state index contributed by atoms with van der Waals surface area (Å²) in [6, 6.07) is 10.7. The van der Waals surface area contributed by atoms with Crippen LogP contribution in [0.4, 0.5) is 4.39 Å². The molecule has 7 heteroatoms. The van der Waals surface area contributed by atoms with Gasteiger partial charge in [0, 0.05) is 26.5 Å². The Balaban J connectivity index is 1.55. The highest BCUT2D eigenvalue weighted by Gasteiger charge is 2.14. The maximum atomic E-state index is 13.2. The van der Waals surface area contributed by atoms with Crippen molar-refractivity contribution >= 4 is 44.7 Å². The number of aryl methyl sites for hydroxylation is 1. The third kappa shape index (κ3) is 3.60. The minimum absolute atomic E-state index is 0.0985. The molecule has 0 aliphatic rings. The third-order valence-electron chi connectivity index (χ3n) is 3.90. The van der Waals surface area contributed by atoms with Gasteiger partial charge in [0.1, 0.15) is 16.5 Å². The standard InChI is InChI=1S/C19H15FN2OS3/c1-11-5-6-15(26-11)14-9-25-19-17(14)18(23)21-16(22-19)10-24-8-12-3-2-4-13(20)7-12/h2-7,9H,8,10H2,1H3,(H,21,22,23). The van der Waals surface area contributed by atoms with Crippen LogP contribution in [0.1, 0.15) is 16.3 Å². The Hall–Kier alpha value is -1.96. The van der Waals surface area contributed by atoms with E-state index >= 15 is 0 Å². The van der Waals surface area contributed by atoms with Crippen molar-refractivity contribution in [1.82, 2.24) is 9.97 Å². The Bertz CT molecular complexity index is 1130. The molecule has 0 aliphatic heterocycles. The summed E-state index contributed by atoms with van der Waals surface area (Å²) in [5, 5.41) is 2.66. The van der Waals surface area contributed by atoms with Crippen molar-refractivity contribution in [3.05, 3.63) is 74.2 Å². The van der Waals surface area contributed by atoms with Gasteiger partial charge in [-0.1, -0.05) is 12.1 Å². The van der Waals surface area contributed by atoms with E-state index in [4.69, 9.17) is 0 Å². The van der Waals surface area contributed by atoms with Gasteiger partial charge in [0.15, 0.2) is 0 Å². The van der Waals surface area contributed by atoms with E-state index in [-0.39, 0.29) is 11.4 Å². The monoisotopic (exact) mass is 402 g/mol. The van der Waals surface area contributed by atoms with Crippen LogP contribution in [-0.2, 0) is 11.5 Å². The van der Waals surface area contributed by atoms with E-state index in [9.17, 15) is 9.18 Å². The molecule has 4 rings (SSSR count). The van der Waals surface area contributed by atoms with E-state index in [1.807, 2.05) is 17.5 Å². The highest BCUT2D eigenvalue weighted by atomic mass is 32.2. The van der Waals surface area contributed by atoms with E-state index in [1.165, 1.54) is 28.3 Å². The van der Waals surface area contributed by atoms with Crippen molar-refractivity contribution in [2.24, 2.45) is 0 Å². The summed E-state index contributed by atoms with van der Waals surface area (Å²) >= 11 is 4.77. The maximum absolute atomic E-state index is 13.2. The zero-order valence-electron chi connectivity index (χ0n) is 13.9. The number of nitrogens with zero attached hydrogens (tertiary/aromatic N) is 1. The lowest BCUT2D eigenvalue weighted by Crippen LogP contribution is -2.10. The number of rotatable bonds is 5. The summed E-state index contributed by atoms with van der Waals surface area (Å²) in [6.07, 6.45) is 0. The van der Waals surface area contributed by atoms with Crippen LogP contribution in [0.3, 0.4) is 0 Å². The highest BCUT2D eigenvalue weighted by Crippen LogP contribution is 2.35. The number of hydrogen-bond donors (Lipinski definition) is 1. The summed E-state index contributed by atoms with van der Waals surface area (Å²) in [5.74, 6) is 1.67. The number of H-pyrrole nitrogens is 1. The van der Waals surface area contributed by atoms with Crippen molar-refractivity contribution in [3.63, 3.8) is 0 Å². The molecule has 0 saturated heterocycles. The van der Waals surface area contributed by atoms with Gasteiger partial charge in [0.2, 0.25) is 0 Å². The van der Waals surface area contributed by atoms with Crippen LogP contribution < -0.4 is 5.56 Å². The molecule has 0 radical (unpaired) electrons. The van der Waals surface area contributed by atoms with Crippen molar-refractivity contribution in [2.45, 2.75) is 18.4 Å². The number of nitrogens with one attached hydrogen (secondary N) is 1. The Kier molecular flexibility index (Phi) is 4.93. The maximum Gasteiger partial charge on any atom is 0.260 e. The van der Waals surface area contributed by atoms with Gasteiger partial charge < -0.3 is 4.98 Å². The first kappa shape index (κ1) is 17.5. The summed E-state index contributed by atoms with van der Waals surface area (Å²) in [4.78, 5) is 23.2. The van der Waals surface area contributed by atoms with E-state index in [0.29, 0.717) is 22.7 Å². The number of fused-ring (bicyclic) bond motifs is 1. The Morgan fingerprint density at radius 1 is 1.23 bits per heavy atom. The molecule has 0 aliphatic carbocycles. The van der Waals surface area contributed by atoms with Gasteiger partial charge in [0.05, 0.1) is 11.1 Å². The Morgan fingerprint density at radius 3 is 2.88 bits per heavy atom. The Labute approximate surface area is 161 Å². The quantitative estimate of drug-likeness (QED) is 0.473. The number of aromatic amines is 1. The van der Waals surface area contributed by atoms with E-state index in [1.54, 1.807) is 29.2 Å². The number of thiophene rings is 2. The average Bonchev–Trinajstić information content (AvgIpc) is 3.21. The number of thioether (sulfide) groups is 1. The van der Waals surface area contributed by atoms with E-state index in [0.717, 1.165) is 20.8 Å². The number of aromatic nitrogens is 2. The largest absolute Gasteiger partial charge is 0.309 e. The number of hydrogen-bond acceptors (Lipinski definition) is 5. The number of halogens is 1. The van der Waals surface area contributed by atoms with Crippen LogP contribution in [-0.4, -0.2) is 9.97 Å². The topological polar surface area (TPSA) is 45.8 Å². The van der Waals surface area contributed by atoms with Gasteiger partial charge in [-0.25, -0.2) is 9.37 Å². The molecule has 132 valence electrons. The predicted octanol–water partition coefficient (Wildman–Crippen LogP) is 5.59. The summed E-state index contributed by atoms with van der Waals surface area (Å²) in [6.45, 7) is 2.05. The minimum atomic E-state index is -0.231.